The van der Waals surface area contributed by atoms with Crippen molar-refractivity contribution >= 4 is 23.4 Å². The number of benzene rings is 1. The van der Waals surface area contributed by atoms with Gasteiger partial charge in [0.25, 0.3) is 5.91 Å². The number of aryl methyl sites for hydroxylation is 1. The van der Waals surface area contributed by atoms with E-state index in [1.54, 1.807) is 11.8 Å². The van der Waals surface area contributed by atoms with Crippen LogP contribution < -0.4 is 5.32 Å². The Labute approximate surface area is 130 Å². The number of halogens is 1. The molecule has 0 spiro atoms. The summed E-state index contributed by atoms with van der Waals surface area (Å²) in [7, 11) is 0. The Hall–Kier alpha value is -1.55. The quantitative estimate of drug-likeness (QED) is 0.871. The van der Waals surface area contributed by atoms with Gasteiger partial charge in [-0.3, -0.25) is 9.59 Å². The van der Waals surface area contributed by atoms with Crippen molar-refractivity contribution in [3.8, 4) is 0 Å². The van der Waals surface area contributed by atoms with Gasteiger partial charge < -0.3 is 10.2 Å². The van der Waals surface area contributed by atoms with Crippen molar-refractivity contribution in [2.45, 2.75) is 38.1 Å². The molecule has 1 aromatic carbocycles. The third kappa shape index (κ3) is 4.21. The molecule has 114 valence electrons. The zero-order chi connectivity index (χ0) is 15.4. The lowest BCUT2D eigenvalue weighted by Gasteiger charge is -2.33. The summed E-state index contributed by atoms with van der Waals surface area (Å²) in [5.41, 5.74) is 1.81. The van der Waals surface area contributed by atoms with Crippen molar-refractivity contribution in [1.82, 2.24) is 10.2 Å². The average Bonchev–Trinajstić information content (AvgIpc) is 2.47. The number of nitrogens with zero attached hydrogens (tertiary/aromatic N) is 1. The van der Waals surface area contributed by atoms with Crippen LogP contribution in [0, 0.1) is 6.92 Å². The van der Waals surface area contributed by atoms with Gasteiger partial charge in [-0.1, -0.05) is 17.7 Å². The Kier molecular flexibility index (Phi) is 5.23. The number of amides is 2. The summed E-state index contributed by atoms with van der Waals surface area (Å²) in [6, 6.07) is 7.64. The highest BCUT2D eigenvalue weighted by Gasteiger charge is 2.25. The Bertz CT molecular complexity index is 506. The molecule has 1 fully saturated rings. The van der Waals surface area contributed by atoms with Crippen LogP contribution >= 0.6 is 11.6 Å². The van der Waals surface area contributed by atoms with E-state index in [9.17, 15) is 9.59 Å². The molecule has 1 atom stereocenters. The molecule has 1 aliphatic rings. The smallest absolute Gasteiger partial charge is 0.251 e. The highest BCUT2D eigenvalue weighted by atomic mass is 35.5. The number of rotatable bonds is 3. The highest BCUT2D eigenvalue weighted by Crippen LogP contribution is 2.14. The Balaban J connectivity index is 1.84. The van der Waals surface area contributed by atoms with Gasteiger partial charge in [-0.2, -0.15) is 0 Å². The van der Waals surface area contributed by atoms with Crippen LogP contribution in [0.3, 0.4) is 0 Å². The molecule has 2 amide bonds. The van der Waals surface area contributed by atoms with Crippen molar-refractivity contribution in [2.75, 3.05) is 13.1 Å². The topological polar surface area (TPSA) is 49.4 Å². The van der Waals surface area contributed by atoms with Crippen molar-refractivity contribution in [1.29, 1.82) is 0 Å². The van der Waals surface area contributed by atoms with Crippen LogP contribution in [-0.4, -0.2) is 41.2 Å². The largest absolute Gasteiger partial charge is 0.349 e. The van der Waals surface area contributed by atoms with Gasteiger partial charge in [0.15, 0.2) is 0 Å². The molecule has 0 aromatic heterocycles. The molecule has 5 heteroatoms. The molecule has 1 aromatic rings. The van der Waals surface area contributed by atoms with Gasteiger partial charge in [0.2, 0.25) is 5.91 Å². The van der Waals surface area contributed by atoms with E-state index in [1.807, 2.05) is 31.2 Å². The Morgan fingerprint density at radius 2 is 1.81 bits per heavy atom. The fourth-order valence-corrected chi connectivity index (χ4v) is 2.61. The molecule has 1 saturated heterocycles. The van der Waals surface area contributed by atoms with E-state index in [-0.39, 0.29) is 17.9 Å². The second kappa shape index (κ2) is 6.94. The lowest BCUT2D eigenvalue weighted by Crippen LogP contribution is -2.48. The summed E-state index contributed by atoms with van der Waals surface area (Å²) < 4.78 is 0. The van der Waals surface area contributed by atoms with Crippen LogP contribution in [-0.2, 0) is 4.79 Å². The van der Waals surface area contributed by atoms with E-state index >= 15 is 0 Å². The molecule has 0 saturated carbocycles. The number of piperidine rings is 1. The first-order valence-electron chi connectivity index (χ1n) is 7.28. The first-order valence-corrected chi connectivity index (χ1v) is 7.71. The van der Waals surface area contributed by atoms with Crippen LogP contribution in [0.5, 0.6) is 0 Å². The van der Waals surface area contributed by atoms with E-state index in [0.717, 1.165) is 18.4 Å². The van der Waals surface area contributed by atoms with Gasteiger partial charge in [-0.05, 0) is 38.8 Å². The van der Waals surface area contributed by atoms with Gasteiger partial charge in [-0.25, -0.2) is 0 Å². The Morgan fingerprint density at radius 1 is 1.24 bits per heavy atom. The maximum Gasteiger partial charge on any atom is 0.251 e. The molecule has 1 N–H and O–H groups in total. The van der Waals surface area contributed by atoms with E-state index in [0.29, 0.717) is 18.7 Å². The van der Waals surface area contributed by atoms with E-state index in [2.05, 4.69) is 5.32 Å². The molecule has 1 heterocycles. The van der Waals surface area contributed by atoms with Gasteiger partial charge in [-0.15, -0.1) is 11.6 Å². The summed E-state index contributed by atoms with van der Waals surface area (Å²) in [6.07, 6.45) is 1.54. The van der Waals surface area contributed by atoms with Crippen molar-refractivity contribution in [3.05, 3.63) is 35.4 Å². The van der Waals surface area contributed by atoms with Gasteiger partial charge in [0.1, 0.15) is 5.38 Å². The van der Waals surface area contributed by atoms with Gasteiger partial charge in [0, 0.05) is 24.7 Å². The number of carbonyl (C=O) groups excluding carboxylic acids is 2. The molecule has 1 aliphatic heterocycles. The minimum absolute atomic E-state index is 0.0278. The summed E-state index contributed by atoms with van der Waals surface area (Å²) >= 11 is 5.81. The van der Waals surface area contributed by atoms with Crippen LogP contribution in [0.2, 0.25) is 0 Å². The fourth-order valence-electron chi connectivity index (χ4n) is 2.47. The zero-order valence-corrected chi connectivity index (χ0v) is 13.2. The van der Waals surface area contributed by atoms with Crippen LogP contribution in [0.1, 0.15) is 35.7 Å². The molecule has 0 bridgehead atoms. The van der Waals surface area contributed by atoms with Crippen LogP contribution in [0.25, 0.3) is 0 Å². The van der Waals surface area contributed by atoms with Crippen molar-refractivity contribution in [2.24, 2.45) is 0 Å². The number of alkyl halides is 1. The SMILES string of the molecule is Cc1ccc(C(=O)NC2CCN(C(=O)C(C)Cl)CC2)cc1. The van der Waals surface area contributed by atoms with Crippen molar-refractivity contribution < 1.29 is 9.59 Å². The van der Waals surface area contributed by atoms with E-state index in [4.69, 9.17) is 11.6 Å². The lowest BCUT2D eigenvalue weighted by molar-refractivity contribution is -0.131. The van der Waals surface area contributed by atoms with Gasteiger partial charge >= 0.3 is 0 Å². The molecule has 2 rings (SSSR count). The van der Waals surface area contributed by atoms with Gasteiger partial charge in [0.05, 0.1) is 0 Å². The van der Waals surface area contributed by atoms with Crippen molar-refractivity contribution in [3.63, 3.8) is 0 Å². The highest BCUT2D eigenvalue weighted by molar-refractivity contribution is 6.30. The number of nitrogens with one attached hydrogen (secondary N) is 1. The number of likely N-dealkylation sites (tertiary alicyclic amines) is 1. The normalized spacial score (nSPS) is 17.4. The number of hydrogen-bond donors (Lipinski definition) is 1. The summed E-state index contributed by atoms with van der Waals surface area (Å²) in [4.78, 5) is 25.7. The van der Waals surface area contributed by atoms with Crippen LogP contribution in [0.4, 0.5) is 0 Å². The Morgan fingerprint density at radius 3 is 2.33 bits per heavy atom. The number of hydrogen-bond acceptors (Lipinski definition) is 2. The zero-order valence-electron chi connectivity index (χ0n) is 12.4. The second-order valence-corrected chi connectivity index (χ2v) is 6.21. The van der Waals surface area contributed by atoms with E-state index < -0.39 is 5.38 Å². The third-order valence-electron chi connectivity index (χ3n) is 3.80. The average molecular weight is 309 g/mol. The minimum Gasteiger partial charge on any atom is -0.349 e. The first-order chi connectivity index (χ1) is 9.97. The summed E-state index contributed by atoms with van der Waals surface area (Å²) in [5.74, 6) is -0.0783. The second-order valence-electron chi connectivity index (χ2n) is 5.56. The van der Waals surface area contributed by atoms with E-state index in [1.165, 1.54) is 0 Å². The fraction of sp³-hybridized carbons (Fsp3) is 0.500. The lowest BCUT2D eigenvalue weighted by atomic mass is 10.0. The molecule has 1 unspecified atom stereocenters. The summed E-state index contributed by atoms with van der Waals surface area (Å²) in [5, 5.41) is 2.55. The maximum absolute atomic E-state index is 12.1. The van der Waals surface area contributed by atoms with Crippen LogP contribution in [0.15, 0.2) is 24.3 Å². The molecule has 4 nitrogen and oxygen atoms in total. The molecular weight excluding hydrogens is 288 g/mol. The third-order valence-corrected chi connectivity index (χ3v) is 3.98. The molecule has 21 heavy (non-hydrogen) atoms. The number of carbonyl (C=O) groups is 2. The maximum atomic E-state index is 12.1. The predicted molar refractivity (Wildman–Crippen MR) is 83.6 cm³/mol. The minimum atomic E-state index is -0.483. The molecule has 0 radical (unpaired) electrons. The standard InChI is InChI=1S/C16H21ClN2O2/c1-11-3-5-13(6-4-11)15(20)18-14-7-9-19(10-8-14)16(21)12(2)17/h3-6,12,14H,7-10H2,1-2H3,(H,18,20). The monoisotopic (exact) mass is 308 g/mol. The molecule has 0 aliphatic carbocycles. The molecular formula is C16H21ClN2O2. The predicted octanol–water partition coefficient (Wildman–Crippen LogP) is 2.34. The first kappa shape index (κ1) is 15.8. The summed E-state index contributed by atoms with van der Waals surface area (Å²) in [6.45, 7) is 4.98.